The standard InChI is InChI=1S/C17H15F2NO3S/c18-12-8-13(19)10-14(9-12)20-16(21)11-23-17(22)6-7-24-15-4-2-1-3-5-15/h1-5,8-10H,6-7,11H2,(H,20,21). The summed E-state index contributed by atoms with van der Waals surface area (Å²) in [5, 5.41) is 2.26. The number of anilines is 1. The second-order valence-electron chi connectivity index (χ2n) is 4.78. The Balaban J connectivity index is 1.68. The van der Waals surface area contributed by atoms with E-state index in [2.05, 4.69) is 5.32 Å². The van der Waals surface area contributed by atoms with Crippen molar-refractivity contribution in [2.75, 3.05) is 17.7 Å². The van der Waals surface area contributed by atoms with Crippen LogP contribution in [0.3, 0.4) is 0 Å². The molecule has 7 heteroatoms. The number of halogens is 2. The number of amides is 1. The van der Waals surface area contributed by atoms with Crippen molar-refractivity contribution >= 4 is 29.3 Å². The van der Waals surface area contributed by atoms with Gasteiger partial charge in [0.05, 0.1) is 6.42 Å². The summed E-state index contributed by atoms with van der Waals surface area (Å²) < 4.78 is 30.8. The zero-order valence-electron chi connectivity index (χ0n) is 12.6. The van der Waals surface area contributed by atoms with Gasteiger partial charge in [0, 0.05) is 22.4 Å². The average molecular weight is 351 g/mol. The van der Waals surface area contributed by atoms with Crippen LogP contribution in [0, 0.1) is 11.6 Å². The summed E-state index contributed by atoms with van der Waals surface area (Å²) in [7, 11) is 0. The lowest BCUT2D eigenvalue weighted by molar-refractivity contribution is -0.146. The minimum Gasteiger partial charge on any atom is -0.456 e. The van der Waals surface area contributed by atoms with Gasteiger partial charge in [-0.05, 0) is 24.3 Å². The molecule has 0 spiro atoms. The molecule has 0 saturated heterocycles. The van der Waals surface area contributed by atoms with Crippen molar-refractivity contribution in [3.8, 4) is 0 Å². The normalized spacial score (nSPS) is 10.2. The van der Waals surface area contributed by atoms with Crippen molar-refractivity contribution in [2.45, 2.75) is 11.3 Å². The lowest BCUT2D eigenvalue weighted by atomic mass is 10.3. The lowest BCUT2D eigenvalue weighted by Gasteiger charge is -2.07. The molecule has 0 aromatic heterocycles. The summed E-state index contributed by atoms with van der Waals surface area (Å²) in [4.78, 5) is 24.2. The molecule has 2 aromatic carbocycles. The van der Waals surface area contributed by atoms with Crippen LogP contribution in [0.2, 0.25) is 0 Å². The van der Waals surface area contributed by atoms with Crippen LogP contribution in [0.1, 0.15) is 6.42 Å². The van der Waals surface area contributed by atoms with Gasteiger partial charge in [-0.15, -0.1) is 11.8 Å². The molecule has 4 nitrogen and oxygen atoms in total. The number of nitrogens with one attached hydrogen (secondary N) is 1. The fraction of sp³-hybridized carbons (Fsp3) is 0.176. The SMILES string of the molecule is O=C(COC(=O)CCSc1ccccc1)Nc1cc(F)cc(F)c1. The maximum Gasteiger partial charge on any atom is 0.307 e. The molecule has 0 radical (unpaired) electrons. The van der Waals surface area contributed by atoms with E-state index in [1.54, 1.807) is 0 Å². The molecule has 0 aliphatic carbocycles. The van der Waals surface area contributed by atoms with E-state index in [1.807, 2.05) is 30.3 Å². The molecule has 2 rings (SSSR count). The van der Waals surface area contributed by atoms with E-state index in [-0.39, 0.29) is 12.1 Å². The number of thioether (sulfide) groups is 1. The molecule has 0 saturated carbocycles. The monoisotopic (exact) mass is 351 g/mol. The van der Waals surface area contributed by atoms with Gasteiger partial charge in [-0.2, -0.15) is 0 Å². The molecule has 0 fully saturated rings. The Morgan fingerprint density at radius 2 is 1.71 bits per heavy atom. The first kappa shape index (κ1) is 17.9. The van der Waals surface area contributed by atoms with Crippen molar-refractivity contribution < 1.29 is 23.1 Å². The quantitative estimate of drug-likeness (QED) is 0.611. The molecule has 24 heavy (non-hydrogen) atoms. The Morgan fingerprint density at radius 3 is 2.38 bits per heavy atom. The van der Waals surface area contributed by atoms with E-state index in [0.717, 1.165) is 17.0 Å². The third-order valence-corrected chi connectivity index (χ3v) is 3.84. The molecule has 0 bridgehead atoms. The molecule has 0 unspecified atom stereocenters. The molecule has 0 atom stereocenters. The van der Waals surface area contributed by atoms with Gasteiger partial charge in [0.15, 0.2) is 6.61 Å². The molecule has 126 valence electrons. The molecular weight excluding hydrogens is 336 g/mol. The van der Waals surface area contributed by atoms with E-state index in [4.69, 9.17) is 4.74 Å². The summed E-state index contributed by atoms with van der Waals surface area (Å²) in [6, 6.07) is 12.2. The third-order valence-electron chi connectivity index (χ3n) is 2.83. The van der Waals surface area contributed by atoms with Crippen LogP contribution in [0.25, 0.3) is 0 Å². The predicted octanol–water partition coefficient (Wildman–Crippen LogP) is 3.63. The third kappa shape index (κ3) is 6.37. The first-order valence-electron chi connectivity index (χ1n) is 7.12. The maximum atomic E-state index is 13.0. The highest BCUT2D eigenvalue weighted by Gasteiger charge is 2.09. The molecule has 0 aliphatic rings. The minimum absolute atomic E-state index is 0.0341. The summed E-state index contributed by atoms with van der Waals surface area (Å²) in [6.45, 7) is -0.507. The van der Waals surface area contributed by atoms with E-state index < -0.39 is 30.1 Å². The Kier molecular flexibility index (Phi) is 6.74. The van der Waals surface area contributed by atoms with Crippen LogP contribution in [0.5, 0.6) is 0 Å². The highest BCUT2D eigenvalue weighted by Crippen LogP contribution is 2.18. The minimum atomic E-state index is -0.805. The van der Waals surface area contributed by atoms with Gasteiger partial charge >= 0.3 is 5.97 Å². The molecule has 1 amide bonds. The Hall–Kier alpha value is -2.41. The first-order valence-corrected chi connectivity index (χ1v) is 8.11. The molecular formula is C17H15F2NO3S. The largest absolute Gasteiger partial charge is 0.456 e. The topological polar surface area (TPSA) is 55.4 Å². The van der Waals surface area contributed by atoms with Crippen LogP contribution in [-0.2, 0) is 14.3 Å². The first-order chi connectivity index (χ1) is 11.5. The number of rotatable bonds is 7. The molecule has 0 heterocycles. The zero-order valence-corrected chi connectivity index (χ0v) is 13.4. The fourth-order valence-electron chi connectivity index (χ4n) is 1.81. The Morgan fingerprint density at radius 1 is 1.04 bits per heavy atom. The lowest BCUT2D eigenvalue weighted by Crippen LogP contribution is -2.21. The van der Waals surface area contributed by atoms with Crippen molar-refractivity contribution in [3.05, 3.63) is 60.2 Å². The molecule has 0 aliphatic heterocycles. The second-order valence-corrected chi connectivity index (χ2v) is 5.95. The van der Waals surface area contributed by atoms with Gasteiger partial charge in [0.25, 0.3) is 5.91 Å². The maximum absolute atomic E-state index is 13.0. The number of carbonyl (C=O) groups is 2. The Labute approximate surface area is 142 Å². The summed E-state index contributed by atoms with van der Waals surface area (Å²) >= 11 is 1.50. The van der Waals surface area contributed by atoms with E-state index in [9.17, 15) is 18.4 Å². The molecule has 1 N–H and O–H groups in total. The van der Waals surface area contributed by atoms with Crippen molar-refractivity contribution in [2.24, 2.45) is 0 Å². The van der Waals surface area contributed by atoms with E-state index in [0.29, 0.717) is 11.8 Å². The van der Waals surface area contributed by atoms with Crippen molar-refractivity contribution in [3.63, 3.8) is 0 Å². The number of benzene rings is 2. The van der Waals surface area contributed by atoms with Gasteiger partial charge in [-0.3, -0.25) is 9.59 Å². The summed E-state index contributed by atoms with van der Waals surface area (Å²) in [5.74, 6) is -2.26. The van der Waals surface area contributed by atoms with E-state index >= 15 is 0 Å². The average Bonchev–Trinajstić information content (AvgIpc) is 2.53. The summed E-state index contributed by atoms with van der Waals surface area (Å²) in [6.07, 6.45) is 0.154. The summed E-state index contributed by atoms with van der Waals surface area (Å²) in [5.41, 5.74) is -0.0341. The Bertz CT molecular complexity index is 690. The van der Waals surface area contributed by atoms with Crippen LogP contribution < -0.4 is 5.32 Å². The van der Waals surface area contributed by atoms with Gasteiger partial charge in [0.1, 0.15) is 11.6 Å². The second kappa shape index (κ2) is 9.02. The fourth-order valence-corrected chi connectivity index (χ4v) is 2.66. The number of esters is 1. The zero-order chi connectivity index (χ0) is 17.4. The number of ether oxygens (including phenoxy) is 1. The number of hydrogen-bond acceptors (Lipinski definition) is 4. The highest BCUT2D eigenvalue weighted by molar-refractivity contribution is 7.99. The van der Waals surface area contributed by atoms with Crippen LogP contribution >= 0.6 is 11.8 Å². The van der Waals surface area contributed by atoms with Gasteiger partial charge in [-0.1, -0.05) is 18.2 Å². The van der Waals surface area contributed by atoms with Gasteiger partial charge in [-0.25, -0.2) is 8.78 Å². The highest BCUT2D eigenvalue weighted by atomic mass is 32.2. The van der Waals surface area contributed by atoms with Crippen LogP contribution in [0.15, 0.2) is 53.4 Å². The number of carbonyl (C=O) groups excluding carboxylic acids is 2. The van der Waals surface area contributed by atoms with Crippen molar-refractivity contribution in [1.82, 2.24) is 0 Å². The van der Waals surface area contributed by atoms with Crippen molar-refractivity contribution in [1.29, 1.82) is 0 Å². The van der Waals surface area contributed by atoms with Gasteiger partial charge in [0.2, 0.25) is 0 Å². The van der Waals surface area contributed by atoms with Crippen LogP contribution in [-0.4, -0.2) is 24.2 Å². The van der Waals surface area contributed by atoms with E-state index in [1.165, 1.54) is 11.8 Å². The number of hydrogen-bond donors (Lipinski definition) is 1. The predicted molar refractivity (Wildman–Crippen MR) is 87.7 cm³/mol. The van der Waals surface area contributed by atoms with Gasteiger partial charge < -0.3 is 10.1 Å². The van der Waals surface area contributed by atoms with Crippen LogP contribution in [0.4, 0.5) is 14.5 Å². The molecule has 2 aromatic rings. The smallest absolute Gasteiger partial charge is 0.307 e.